The summed E-state index contributed by atoms with van der Waals surface area (Å²) < 4.78 is 19.4. The van der Waals surface area contributed by atoms with Crippen molar-refractivity contribution in [3.63, 3.8) is 0 Å². The van der Waals surface area contributed by atoms with Crippen LogP contribution in [-0.2, 0) is 11.2 Å². The number of hydrogen-bond donors (Lipinski definition) is 0. The fourth-order valence-electron chi connectivity index (χ4n) is 2.78. The molecule has 1 amide bonds. The minimum absolute atomic E-state index is 0.0249. The van der Waals surface area contributed by atoms with Gasteiger partial charge in [0.05, 0.1) is 17.8 Å². The highest BCUT2D eigenvalue weighted by molar-refractivity contribution is 6.30. The first-order valence-corrected chi connectivity index (χ1v) is 9.04. The fraction of sp³-hybridized carbons (Fsp3) is 0.238. The van der Waals surface area contributed by atoms with Crippen LogP contribution in [0.1, 0.15) is 30.8 Å². The third-order valence-electron chi connectivity index (χ3n) is 4.57. The van der Waals surface area contributed by atoms with Gasteiger partial charge in [-0.15, -0.1) is 0 Å². The van der Waals surface area contributed by atoms with Crippen LogP contribution in [-0.4, -0.2) is 22.8 Å². The molecule has 0 N–H and O–H groups in total. The number of hydrogen-bond acceptors (Lipinski definition) is 3. The number of carbonyl (C=O) groups excluding carboxylic acids is 1. The van der Waals surface area contributed by atoms with Gasteiger partial charge in [-0.25, -0.2) is 9.37 Å². The molecule has 0 aliphatic rings. The number of halogens is 2. The average molecular weight is 387 g/mol. The normalized spacial score (nSPS) is 12.0. The first-order chi connectivity index (χ1) is 13.0. The highest BCUT2D eigenvalue weighted by atomic mass is 35.5. The molecule has 0 radical (unpaired) electrons. The number of benzene rings is 2. The molecule has 0 fully saturated rings. The summed E-state index contributed by atoms with van der Waals surface area (Å²) in [6.45, 7) is 1.96. The molecule has 0 aliphatic carbocycles. The molecule has 1 aromatic heterocycles. The zero-order valence-electron chi connectivity index (χ0n) is 15.2. The Morgan fingerprint density at radius 3 is 2.63 bits per heavy atom. The molecule has 27 heavy (non-hydrogen) atoms. The summed E-state index contributed by atoms with van der Waals surface area (Å²) in [5.41, 5.74) is 1.37. The van der Waals surface area contributed by atoms with E-state index in [1.807, 2.05) is 31.2 Å². The molecule has 3 aromatic rings. The molecule has 0 aliphatic heterocycles. The molecular weight excluding hydrogens is 367 g/mol. The zero-order chi connectivity index (χ0) is 19.4. The number of amides is 1. The number of aromatic nitrogens is 1. The second-order valence-corrected chi connectivity index (χ2v) is 6.77. The van der Waals surface area contributed by atoms with Gasteiger partial charge in [-0.05, 0) is 36.8 Å². The molecule has 6 heteroatoms. The van der Waals surface area contributed by atoms with Crippen molar-refractivity contribution in [1.29, 1.82) is 0 Å². The third kappa shape index (κ3) is 4.55. The number of rotatable bonds is 6. The first kappa shape index (κ1) is 19.1. The van der Waals surface area contributed by atoms with Crippen LogP contribution in [0.3, 0.4) is 0 Å². The average Bonchev–Trinajstić information content (AvgIpc) is 3.14. The highest BCUT2D eigenvalue weighted by Gasteiger charge is 2.18. The van der Waals surface area contributed by atoms with Crippen LogP contribution in [0.4, 0.5) is 4.39 Å². The number of aryl methyl sites for hydroxylation is 1. The van der Waals surface area contributed by atoms with E-state index in [1.165, 1.54) is 12.3 Å². The second kappa shape index (κ2) is 8.35. The Bertz CT molecular complexity index is 924. The Morgan fingerprint density at radius 2 is 1.93 bits per heavy atom. The van der Waals surface area contributed by atoms with E-state index in [4.69, 9.17) is 16.0 Å². The van der Waals surface area contributed by atoms with E-state index in [0.29, 0.717) is 28.7 Å². The molecule has 3 rings (SSSR count). The van der Waals surface area contributed by atoms with Crippen molar-refractivity contribution in [3.8, 4) is 11.3 Å². The molecule has 0 spiro atoms. The summed E-state index contributed by atoms with van der Waals surface area (Å²) in [6, 6.07) is 13.7. The number of oxazole rings is 1. The van der Waals surface area contributed by atoms with Crippen molar-refractivity contribution >= 4 is 17.5 Å². The SMILES string of the molecule is CC(c1ccc(Cl)cc1)N(C)C(=O)CCc1ncc(-c2ccccc2F)o1. The van der Waals surface area contributed by atoms with Crippen molar-refractivity contribution in [2.24, 2.45) is 0 Å². The molecule has 0 saturated heterocycles. The van der Waals surface area contributed by atoms with Gasteiger partial charge in [-0.2, -0.15) is 0 Å². The van der Waals surface area contributed by atoms with Gasteiger partial charge in [0, 0.05) is 24.9 Å². The number of carbonyl (C=O) groups is 1. The van der Waals surface area contributed by atoms with E-state index in [9.17, 15) is 9.18 Å². The Labute approximate surface area is 162 Å². The van der Waals surface area contributed by atoms with Crippen molar-refractivity contribution in [2.45, 2.75) is 25.8 Å². The van der Waals surface area contributed by atoms with Crippen LogP contribution in [0.15, 0.2) is 59.1 Å². The lowest BCUT2D eigenvalue weighted by atomic mass is 10.1. The van der Waals surface area contributed by atoms with Gasteiger partial charge in [0.15, 0.2) is 11.7 Å². The lowest BCUT2D eigenvalue weighted by molar-refractivity contribution is -0.131. The maximum absolute atomic E-state index is 13.8. The summed E-state index contributed by atoms with van der Waals surface area (Å²) in [5.74, 6) is 0.378. The maximum Gasteiger partial charge on any atom is 0.223 e. The van der Waals surface area contributed by atoms with Gasteiger partial charge in [0.25, 0.3) is 0 Å². The van der Waals surface area contributed by atoms with Crippen LogP contribution in [0.2, 0.25) is 5.02 Å². The minimum Gasteiger partial charge on any atom is -0.441 e. The summed E-state index contributed by atoms with van der Waals surface area (Å²) in [6.07, 6.45) is 2.09. The van der Waals surface area contributed by atoms with Crippen LogP contribution in [0.25, 0.3) is 11.3 Å². The van der Waals surface area contributed by atoms with E-state index >= 15 is 0 Å². The lowest BCUT2D eigenvalue weighted by Gasteiger charge is -2.25. The van der Waals surface area contributed by atoms with E-state index < -0.39 is 0 Å². The standard InChI is InChI=1S/C21H20ClFN2O2/c1-14(15-7-9-16(22)10-8-15)25(2)21(26)12-11-20-24-13-19(27-20)17-5-3-4-6-18(17)23/h3-10,13-14H,11-12H2,1-2H3. The van der Waals surface area contributed by atoms with E-state index in [2.05, 4.69) is 4.98 Å². The van der Waals surface area contributed by atoms with Crippen LogP contribution in [0, 0.1) is 5.82 Å². The van der Waals surface area contributed by atoms with Crippen molar-refractivity contribution in [2.75, 3.05) is 7.05 Å². The Balaban J connectivity index is 1.60. The molecule has 2 aromatic carbocycles. The highest BCUT2D eigenvalue weighted by Crippen LogP contribution is 2.24. The van der Waals surface area contributed by atoms with Gasteiger partial charge < -0.3 is 9.32 Å². The summed E-state index contributed by atoms with van der Waals surface area (Å²) in [7, 11) is 1.77. The topological polar surface area (TPSA) is 46.3 Å². The van der Waals surface area contributed by atoms with Crippen molar-refractivity contribution in [3.05, 3.63) is 77.0 Å². The molecule has 1 atom stereocenters. The smallest absolute Gasteiger partial charge is 0.223 e. The van der Waals surface area contributed by atoms with Gasteiger partial charge >= 0.3 is 0 Å². The van der Waals surface area contributed by atoms with E-state index in [-0.39, 0.29) is 24.2 Å². The quantitative estimate of drug-likeness (QED) is 0.578. The summed E-state index contributed by atoms with van der Waals surface area (Å²) >= 11 is 5.91. The Kier molecular flexibility index (Phi) is 5.91. The van der Waals surface area contributed by atoms with Crippen molar-refractivity contribution in [1.82, 2.24) is 9.88 Å². The van der Waals surface area contributed by atoms with E-state index in [1.54, 1.807) is 30.1 Å². The Hall–Kier alpha value is -2.66. The van der Waals surface area contributed by atoms with Gasteiger partial charge in [-0.1, -0.05) is 35.9 Å². The van der Waals surface area contributed by atoms with Crippen LogP contribution >= 0.6 is 11.6 Å². The largest absolute Gasteiger partial charge is 0.441 e. The zero-order valence-corrected chi connectivity index (χ0v) is 15.9. The summed E-state index contributed by atoms with van der Waals surface area (Å²) in [4.78, 5) is 18.3. The van der Waals surface area contributed by atoms with Gasteiger partial charge in [0.2, 0.25) is 5.91 Å². The second-order valence-electron chi connectivity index (χ2n) is 6.33. The predicted molar refractivity (Wildman–Crippen MR) is 103 cm³/mol. The van der Waals surface area contributed by atoms with Crippen LogP contribution < -0.4 is 0 Å². The van der Waals surface area contributed by atoms with Gasteiger partial charge in [-0.3, -0.25) is 4.79 Å². The molecule has 4 nitrogen and oxygen atoms in total. The number of nitrogens with zero attached hydrogens (tertiary/aromatic N) is 2. The van der Waals surface area contributed by atoms with Crippen molar-refractivity contribution < 1.29 is 13.6 Å². The first-order valence-electron chi connectivity index (χ1n) is 8.66. The molecule has 0 saturated carbocycles. The lowest BCUT2D eigenvalue weighted by Crippen LogP contribution is -2.29. The van der Waals surface area contributed by atoms with E-state index in [0.717, 1.165) is 5.56 Å². The van der Waals surface area contributed by atoms with Crippen LogP contribution in [0.5, 0.6) is 0 Å². The molecule has 140 valence electrons. The molecule has 1 heterocycles. The third-order valence-corrected chi connectivity index (χ3v) is 4.82. The predicted octanol–water partition coefficient (Wildman–Crippen LogP) is 5.29. The fourth-order valence-corrected chi connectivity index (χ4v) is 2.91. The maximum atomic E-state index is 13.8. The Morgan fingerprint density at radius 1 is 1.22 bits per heavy atom. The molecule has 0 bridgehead atoms. The monoisotopic (exact) mass is 386 g/mol. The molecule has 1 unspecified atom stereocenters. The molecular formula is C21H20ClFN2O2. The minimum atomic E-state index is -0.368. The van der Waals surface area contributed by atoms with Gasteiger partial charge in [0.1, 0.15) is 5.82 Å². The summed E-state index contributed by atoms with van der Waals surface area (Å²) in [5, 5.41) is 0.662.